The van der Waals surface area contributed by atoms with Crippen LogP contribution in [0.3, 0.4) is 0 Å². The molecule has 4 rings (SSSR count). The van der Waals surface area contributed by atoms with Gasteiger partial charge in [-0.3, -0.25) is 4.72 Å². The van der Waals surface area contributed by atoms with E-state index < -0.39 is 16.0 Å². The fourth-order valence-electron chi connectivity index (χ4n) is 3.52. The molecular weight excluding hydrogens is 440 g/mol. The lowest BCUT2D eigenvalue weighted by Gasteiger charge is -2.33. The van der Waals surface area contributed by atoms with E-state index in [4.69, 9.17) is 11.6 Å². The number of fused-ring (bicyclic) bond motifs is 1. The van der Waals surface area contributed by atoms with Gasteiger partial charge in [-0.25, -0.2) is 18.2 Å². The molecule has 0 radical (unpaired) electrons. The first kappa shape index (κ1) is 21.4. The predicted octanol–water partition coefficient (Wildman–Crippen LogP) is 3.14. The van der Waals surface area contributed by atoms with E-state index in [1.54, 1.807) is 30.3 Å². The Kier molecular flexibility index (Phi) is 5.74. The number of rotatable bonds is 5. The number of pyridine rings is 1. The summed E-state index contributed by atoms with van der Waals surface area (Å²) < 4.78 is 27.9. The van der Waals surface area contributed by atoms with E-state index in [2.05, 4.69) is 19.5 Å². The van der Waals surface area contributed by atoms with Gasteiger partial charge in [0.15, 0.2) is 0 Å². The molecule has 10 heteroatoms. The van der Waals surface area contributed by atoms with Crippen molar-refractivity contribution < 1.29 is 18.3 Å². The largest absolute Gasteiger partial charge is 0.478 e. The first-order valence-electron chi connectivity index (χ1n) is 9.63. The second-order valence-electron chi connectivity index (χ2n) is 7.39. The monoisotopic (exact) mass is 460 g/mol. The van der Waals surface area contributed by atoms with Gasteiger partial charge in [-0.05, 0) is 43.4 Å². The van der Waals surface area contributed by atoms with Gasteiger partial charge < -0.3 is 14.9 Å². The van der Waals surface area contributed by atoms with Crippen LogP contribution in [0.2, 0.25) is 5.02 Å². The van der Waals surface area contributed by atoms with Crippen molar-refractivity contribution in [3.8, 4) is 0 Å². The summed E-state index contributed by atoms with van der Waals surface area (Å²) in [6, 6.07) is 12.3. The number of sulfonamides is 1. The lowest BCUT2D eigenvalue weighted by molar-refractivity contribution is 0.0699. The van der Waals surface area contributed by atoms with Crippen molar-refractivity contribution in [3.63, 3.8) is 0 Å². The third-order valence-electron chi connectivity index (χ3n) is 5.23. The molecule has 1 fully saturated rings. The molecule has 31 heavy (non-hydrogen) atoms. The van der Waals surface area contributed by atoms with E-state index in [1.165, 1.54) is 18.2 Å². The minimum atomic E-state index is -3.94. The lowest BCUT2D eigenvalue weighted by atomic mass is 10.1. The molecule has 0 bridgehead atoms. The Morgan fingerprint density at radius 2 is 1.81 bits per heavy atom. The van der Waals surface area contributed by atoms with Crippen LogP contribution in [-0.4, -0.2) is 62.6 Å². The third kappa shape index (κ3) is 4.43. The first-order chi connectivity index (χ1) is 14.7. The zero-order valence-corrected chi connectivity index (χ0v) is 18.3. The number of carbonyl (C=O) groups is 1. The van der Waals surface area contributed by atoms with Gasteiger partial charge in [-0.1, -0.05) is 23.7 Å². The molecule has 162 valence electrons. The number of piperazine rings is 1. The molecule has 0 saturated carbocycles. The fourth-order valence-corrected chi connectivity index (χ4v) is 5.09. The summed E-state index contributed by atoms with van der Waals surface area (Å²) in [5.74, 6) is -0.503. The third-order valence-corrected chi connectivity index (χ3v) is 7.11. The molecule has 2 aromatic carbocycles. The van der Waals surface area contributed by atoms with Gasteiger partial charge in [0.05, 0.1) is 16.1 Å². The fraction of sp³-hybridized carbons (Fsp3) is 0.238. The Hall–Kier alpha value is -2.88. The summed E-state index contributed by atoms with van der Waals surface area (Å²) in [6.07, 6.45) is 0. The van der Waals surface area contributed by atoms with E-state index >= 15 is 0 Å². The summed E-state index contributed by atoms with van der Waals surface area (Å²) >= 11 is 6.02. The second kappa shape index (κ2) is 8.33. The van der Waals surface area contributed by atoms with Crippen LogP contribution in [0.5, 0.6) is 0 Å². The SMILES string of the molecule is CN1CCN(c2cc(C(=O)O)c3cc(NS(=O)(=O)c4ccccc4Cl)ccc3n2)CC1. The van der Waals surface area contributed by atoms with Crippen molar-refractivity contribution in [2.45, 2.75) is 4.90 Å². The number of aromatic nitrogens is 1. The molecule has 0 atom stereocenters. The highest BCUT2D eigenvalue weighted by atomic mass is 35.5. The summed E-state index contributed by atoms with van der Waals surface area (Å²) in [5, 5.41) is 10.2. The van der Waals surface area contributed by atoms with Crippen LogP contribution in [0.15, 0.2) is 53.4 Å². The maximum absolute atomic E-state index is 12.7. The minimum absolute atomic E-state index is 0.0567. The number of hydrogen-bond donors (Lipinski definition) is 2. The predicted molar refractivity (Wildman–Crippen MR) is 121 cm³/mol. The number of carboxylic acid groups (broad SMARTS) is 1. The molecule has 1 aliphatic rings. The zero-order valence-electron chi connectivity index (χ0n) is 16.7. The van der Waals surface area contributed by atoms with Gasteiger partial charge in [-0.15, -0.1) is 0 Å². The van der Waals surface area contributed by atoms with Crippen molar-refractivity contribution in [1.82, 2.24) is 9.88 Å². The molecule has 1 saturated heterocycles. The molecule has 2 N–H and O–H groups in total. The summed E-state index contributed by atoms with van der Waals surface area (Å²) in [7, 11) is -1.90. The Morgan fingerprint density at radius 3 is 2.48 bits per heavy atom. The van der Waals surface area contributed by atoms with E-state index in [9.17, 15) is 18.3 Å². The molecule has 2 heterocycles. The quantitative estimate of drug-likeness (QED) is 0.602. The number of benzene rings is 2. The molecule has 3 aromatic rings. The number of likely N-dealkylation sites (N-methyl/N-ethyl adjacent to an activating group) is 1. The number of nitrogens with zero attached hydrogens (tertiary/aromatic N) is 3. The Morgan fingerprint density at radius 1 is 1.10 bits per heavy atom. The highest BCUT2D eigenvalue weighted by Crippen LogP contribution is 2.29. The van der Waals surface area contributed by atoms with Crippen LogP contribution < -0.4 is 9.62 Å². The van der Waals surface area contributed by atoms with E-state index in [0.717, 1.165) is 26.2 Å². The molecule has 0 aliphatic carbocycles. The molecular formula is C21H21ClN4O4S. The molecule has 0 spiro atoms. The number of halogens is 1. The second-order valence-corrected chi connectivity index (χ2v) is 9.45. The van der Waals surface area contributed by atoms with Crippen molar-refractivity contribution >= 4 is 50.0 Å². The molecule has 1 aromatic heterocycles. The number of anilines is 2. The highest BCUT2D eigenvalue weighted by Gasteiger charge is 2.21. The standard InChI is InChI=1S/C21H21ClN4O4S/c1-25-8-10-26(11-9-25)20-13-16(21(27)28)15-12-14(6-7-18(15)23-20)24-31(29,30)19-5-3-2-4-17(19)22/h2-7,12-13,24H,8-11H2,1H3,(H,27,28). The number of aromatic carboxylic acids is 1. The Labute approximate surface area is 185 Å². The average Bonchev–Trinajstić information content (AvgIpc) is 2.73. The summed E-state index contributed by atoms with van der Waals surface area (Å²) in [6.45, 7) is 3.24. The summed E-state index contributed by atoms with van der Waals surface area (Å²) in [4.78, 5) is 20.8. The van der Waals surface area contributed by atoms with Gasteiger partial charge in [0.1, 0.15) is 10.7 Å². The molecule has 1 aliphatic heterocycles. The van der Waals surface area contributed by atoms with Crippen LogP contribution in [0.25, 0.3) is 10.9 Å². The number of carboxylic acids is 1. The smallest absolute Gasteiger partial charge is 0.336 e. The van der Waals surface area contributed by atoms with E-state index in [0.29, 0.717) is 16.7 Å². The first-order valence-corrected chi connectivity index (χ1v) is 11.5. The van der Waals surface area contributed by atoms with E-state index in [1.807, 2.05) is 7.05 Å². The van der Waals surface area contributed by atoms with Gasteiger partial charge in [-0.2, -0.15) is 0 Å². The van der Waals surface area contributed by atoms with Crippen LogP contribution in [0, 0.1) is 0 Å². The Bertz CT molecular complexity index is 1260. The molecule has 0 unspecified atom stereocenters. The van der Waals surface area contributed by atoms with E-state index in [-0.39, 0.29) is 21.2 Å². The molecule has 0 amide bonds. The van der Waals surface area contributed by atoms with Crippen LogP contribution >= 0.6 is 11.6 Å². The zero-order chi connectivity index (χ0) is 22.2. The van der Waals surface area contributed by atoms with Gasteiger partial charge in [0.25, 0.3) is 10.0 Å². The maximum Gasteiger partial charge on any atom is 0.336 e. The van der Waals surface area contributed by atoms with Crippen molar-refractivity contribution in [2.75, 3.05) is 42.8 Å². The van der Waals surface area contributed by atoms with Gasteiger partial charge in [0.2, 0.25) is 0 Å². The van der Waals surface area contributed by atoms with Crippen LogP contribution in [0.1, 0.15) is 10.4 Å². The normalized spacial score (nSPS) is 15.2. The van der Waals surface area contributed by atoms with Crippen molar-refractivity contribution in [1.29, 1.82) is 0 Å². The van der Waals surface area contributed by atoms with Gasteiger partial charge >= 0.3 is 5.97 Å². The number of hydrogen-bond acceptors (Lipinski definition) is 6. The van der Waals surface area contributed by atoms with Gasteiger partial charge in [0, 0.05) is 37.3 Å². The summed E-state index contributed by atoms with van der Waals surface area (Å²) in [5.41, 5.74) is 0.774. The van der Waals surface area contributed by atoms with Crippen molar-refractivity contribution in [2.24, 2.45) is 0 Å². The number of nitrogens with one attached hydrogen (secondary N) is 1. The maximum atomic E-state index is 12.7. The average molecular weight is 461 g/mol. The molecule has 8 nitrogen and oxygen atoms in total. The van der Waals surface area contributed by atoms with Crippen LogP contribution in [-0.2, 0) is 10.0 Å². The topological polar surface area (TPSA) is 103 Å². The van der Waals surface area contributed by atoms with Crippen molar-refractivity contribution in [3.05, 3.63) is 59.1 Å². The highest BCUT2D eigenvalue weighted by molar-refractivity contribution is 7.92. The Balaban J connectivity index is 1.72. The lowest BCUT2D eigenvalue weighted by Crippen LogP contribution is -2.44. The van der Waals surface area contributed by atoms with Crippen LogP contribution in [0.4, 0.5) is 11.5 Å². The minimum Gasteiger partial charge on any atom is -0.478 e.